The molecule has 2 N–H and O–H groups in total. The van der Waals surface area contributed by atoms with E-state index in [1.54, 1.807) is 11.8 Å². The maximum atomic E-state index is 12.2. The van der Waals surface area contributed by atoms with Gasteiger partial charge in [0.1, 0.15) is 0 Å². The summed E-state index contributed by atoms with van der Waals surface area (Å²) in [5, 5.41) is 2.80. The van der Waals surface area contributed by atoms with Crippen LogP contribution in [0.5, 0.6) is 0 Å². The molecular weight excluding hydrogens is 344 g/mol. The van der Waals surface area contributed by atoms with Gasteiger partial charge >= 0.3 is 0 Å². The van der Waals surface area contributed by atoms with Crippen molar-refractivity contribution in [1.82, 2.24) is 4.72 Å². The van der Waals surface area contributed by atoms with E-state index in [0.29, 0.717) is 11.3 Å². The van der Waals surface area contributed by atoms with Crippen LogP contribution in [0, 0.1) is 0 Å². The van der Waals surface area contributed by atoms with Crippen LogP contribution in [0.1, 0.15) is 23.2 Å². The lowest BCUT2D eigenvalue weighted by Gasteiger charge is -2.08. The number of amides is 1. The van der Waals surface area contributed by atoms with Gasteiger partial charge in [0.15, 0.2) is 0 Å². The molecule has 0 spiro atoms. The molecule has 1 saturated carbocycles. The van der Waals surface area contributed by atoms with Gasteiger partial charge in [0, 0.05) is 22.2 Å². The van der Waals surface area contributed by atoms with Crippen LogP contribution in [-0.4, -0.2) is 26.6 Å². The van der Waals surface area contributed by atoms with Crippen LogP contribution in [0.25, 0.3) is 0 Å². The number of hydrogen-bond acceptors (Lipinski definition) is 4. The molecular formula is C17H18N2O3S2. The lowest BCUT2D eigenvalue weighted by Crippen LogP contribution is -2.25. The van der Waals surface area contributed by atoms with Crippen LogP contribution in [0.3, 0.4) is 0 Å². The molecule has 7 heteroatoms. The van der Waals surface area contributed by atoms with E-state index < -0.39 is 10.0 Å². The van der Waals surface area contributed by atoms with Crippen molar-refractivity contribution in [2.75, 3.05) is 11.6 Å². The number of hydrogen-bond donors (Lipinski definition) is 2. The smallest absolute Gasteiger partial charge is 0.255 e. The second kappa shape index (κ2) is 6.96. The summed E-state index contributed by atoms with van der Waals surface area (Å²) in [6.45, 7) is 0. The van der Waals surface area contributed by atoms with Gasteiger partial charge in [0.2, 0.25) is 10.0 Å². The van der Waals surface area contributed by atoms with Gasteiger partial charge in [-0.15, -0.1) is 11.8 Å². The molecule has 0 radical (unpaired) electrons. The highest BCUT2D eigenvalue weighted by atomic mass is 32.2. The zero-order chi connectivity index (χ0) is 17.2. The topological polar surface area (TPSA) is 75.3 Å². The Morgan fingerprint density at radius 2 is 1.67 bits per heavy atom. The molecule has 0 saturated heterocycles. The third-order valence-electron chi connectivity index (χ3n) is 3.67. The van der Waals surface area contributed by atoms with Crippen molar-refractivity contribution in [3.8, 4) is 0 Å². The minimum atomic E-state index is -3.49. The fourth-order valence-electron chi connectivity index (χ4n) is 2.15. The molecule has 0 bridgehead atoms. The quantitative estimate of drug-likeness (QED) is 0.774. The van der Waals surface area contributed by atoms with Gasteiger partial charge in [-0.3, -0.25) is 4.79 Å². The van der Waals surface area contributed by atoms with E-state index in [1.807, 2.05) is 30.5 Å². The molecule has 1 aliphatic carbocycles. The van der Waals surface area contributed by atoms with Crippen LogP contribution >= 0.6 is 11.8 Å². The SMILES string of the molecule is CSc1ccc(NC(=O)c2ccc(S(=O)(=O)NC3CC3)cc2)cc1. The van der Waals surface area contributed by atoms with E-state index in [1.165, 1.54) is 24.3 Å². The first-order valence-corrected chi connectivity index (χ1v) is 10.3. The molecule has 5 nitrogen and oxygen atoms in total. The molecule has 0 unspecified atom stereocenters. The Morgan fingerprint density at radius 3 is 2.21 bits per heavy atom. The molecule has 2 aromatic rings. The fourth-order valence-corrected chi connectivity index (χ4v) is 3.86. The van der Waals surface area contributed by atoms with E-state index in [2.05, 4.69) is 10.0 Å². The van der Waals surface area contributed by atoms with Gasteiger partial charge in [0.25, 0.3) is 5.91 Å². The van der Waals surface area contributed by atoms with Crippen LogP contribution in [0.4, 0.5) is 5.69 Å². The Bertz CT molecular complexity index is 827. The van der Waals surface area contributed by atoms with Crippen molar-refractivity contribution in [2.24, 2.45) is 0 Å². The number of carbonyl (C=O) groups is 1. The van der Waals surface area contributed by atoms with E-state index in [4.69, 9.17) is 0 Å². The minimum absolute atomic E-state index is 0.0576. The molecule has 1 fully saturated rings. The van der Waals surface area contributed by atoms with Crippen molar-refractivity contribution in [2.45, 2.75) is 28.7 Å². The molecule has 0 heterocycles. The first-order valence-electron chi connectivity index (χ1n) is 7.56. The summed E-state index contributed by atoms with van der Waals surface area (Å²) in [5.41, 5.74) is 1.11. The lowest BCUT2D eigenvalue weighted by atomic mass is 10.2. The van der Waals surface area contributed by atoms with E-state index >= 15 is 0 Å². The standard InChI is InChI=1S/C17H18N2O3S2/c1-23-15-8-6-13(7-9-15)18-17(20)12-2-10-16(11-3-12)24(21,22)19-14-4-5-14/h2-3,6-11,14,19H,4-5H2,1H3,(H,18,20). The summed E-state index contributed by atoms with van der Waals surface area (Å²) in [5.74, 6) is -0.272. The second-order valence-corrected chi connectivity index (χ2v) is 8.20. The summed E-state index contributed by atoms with van der Waals surface area (Å²) in [7, 11) is -3.49. The second-order valence-electron chi connectivity index (χ2n) is 5.60. The van der Waals surface area contributed by atoms with Gasteiger partial charge in [-0.1, -0.05) is 0 Å². The van der Waals surface area contributed by atoms with Crippen molar-refractivity contribution in [1.29, 1.82) is 0 Å². The molecule has 2 aromatic carbocycles. The number of sulfonamides is 1. The van der Waals surface area contributed by atoms with Gasteiger partial charge in [-0.25, -0.2) is 13.1 Å². The molecule has 0 aliphatic heterocycles. The Hall–Kier alpha value is -1.83. The van der Waals surface area contributed by atoms with E-state index in [-0.39, 0.29) is 16.8 Å². The third kappa shape index (κ3) is 4.17. The molecule has 1 amide bonds. The number of benzene rings is 2. The normalized spacial score (nSPS) is 14.4. The van der Waals surface area contributed by atoms with Crippen molar-refractivity contribution >= 4 is 33.4 Å². The van der Waals surface area contributed by atoms with Crippen molar-refractivity contribution in [3.63, 3.8) is 0 Å². The number of anilines is 1. The number of thioether (sulfide) groups is 1. The average Bonchev–Trinajstić information content (AvgIpc) is 3.39. The van der Waals surface area contributed by atoms with Gasteiger partial charge in [0.05, 0.1) is 4.90 Å². The van der Waals surface area contributed by atoms with Crippen LogP contribution in [0.2, 0.25) is 0 Å². The zero-order valence-corrected chi connectivity index (χ0v) is 14.8. The zero-order valence-electron chi connectivity index (χ0n) is 13.2. The molecule has 24 heavy (non-hydrogen) atoms. The van der Waals surface area contributed by atoms with Crippen molar-refractivity contribution < 1.29 is 13.2 Å². The maximum Gasteiger partial charge on any atom is 0.255 e. The monoisotopic (exact) mass is 362 g/mol. The number of rotatable bonds is 6. The first-order chi connectivity index (χ1) is 11.5. The Labute approximate surface area is 145 Å². The fraction of sp³-hybridized carbons (Fsp3) is 0.235. The van der Waals surface area contributed by atoms with Gasteiger partial charge in [-0.05, 0) is 67.6 Å². The summed E-state index contributed by atoms with van der Waals surface area (Å²) in [6.07, 6.45) is 3.76. The van der Waals surface area contributed by atoms with Crippen molar-refractivity contribution in [3.05, 3.63) is 54.1 Å². The highest BCUT2D eigenvalue weighted by molar-refractivity contribution is 7.98. The molecule has 0 atom stereocenters. The Balaban J connectivity index is 1.68. The van der Waals surface area contributed by atoms with Gasteiger partial charge in [-0.2, -0.15) is 0 Å². The first kappa shape index (κ1) is 17.0. The lowest BCUT2D eigenvalue weighted by molar-refractivity contribution is 0.102. The maximum absolute atomic E-state index is 12.2. The van der Waals surface area contributed by atoms with Gasteiger partial charge < -0.3 is 5.32 Å². The molecule has 3 rings (SSSR count). The average molecular weight is 362 g/mol. The molecule has 126 valence electrons. The Kier molecular flexibility index (Phi) is 4.93. The summed E-state index contributed by atoms with van der Waals surface area (Å²) in [4.78, 5) is 13.5. The minimum Gasteiger partial charge on any atom is -0.322 e. The number of carbonyl (C=O) groups excluding carboxylic acids is 1. The summed E-state index contributed by atoms with van der Waals surface area (Å²) >= 11 is 1.63. The van der Waals surface area contributed by atoms with Crippen LogP contribution in [0.15, 0.2) is 58.3 Å². The highest BCUT2D eigenvalue weighted by Crippen LogP contribution is 2.22. The summed E-state index contributed by atoms with van der Waals surface area (Å²) in [6, 6.07) is 13.5. The third-order valence-corrected chi connectivity index (χ3v) is 5.95. The number of nitrogens with one attached hydrogen (secondary N) is 2. The van der Waals surface area contributed by atoms with Crippen LogP contribution in [-0.2, 0) is 10.0 Å². The van der Waals surface area contributed by atoms with E-state index in [0.717, 1.165) is 17.7 Å². The Morgan fingerprint density at radius 1 is 1.04 bits per heavy atom. The predicted molar refractivity (Wildman–Crippen MR) is 96.0 cm³/mol. The predicted octanol–water partition coefficient (Wildman–Crippen LogP) is 3.10. The summed E-state index contributed by atoms with van der Waals surface area (Å²) < 4.78 is 26.8. The van der Waals surface area contributed by atoms with Crippen LogP contribution < -0.4 is 10.0 Å². The highest BCUT2D eigenvalue weighted by Gasteiger charge is 2.27. The largest absolute Gasteiger partial charge is 0.322 e. The van der Waals surface area contributed by atoms with E-state index in [9.17, 15) is 13.2 Å². The molecule has 0 aromatic heterocycles. The molecule has 1 aliphatic rings.